The highest BCUT2D eigenvalue weighted by molar-refractivity contribution is 5.87. The Hall–Kier alpha value is -1.79. The molecule has 3 aliphatic heterocycles. The van der Waals surface area contributed by atoms with Gasteiger partial charge in [0.25, 0.3) is 0 Å². The van der Waals surface area contributed by atoms with Crippen molar-refractivity contribution in [2.75, 3.05) is 45.9 Å². The van der Waals surface area contributed by atoms with E-state index in [9.17, 15) is 14.4 Å². The minimum absolute atomic E-state index is 0.0573. The molecule has 128 valence electrons. The van der Waals surface area contributed by atoms with Crippen LogP contribution in [0.15, 0.2) is 0 Å². The molecule has 7 heteroatoms. The second kappa shape index (κ2) is 6.37. The molecule has 0 aliphatic carbocycles. The summed E-state index contributed by atoms with van der Waals surface area (Å²) in [5.41, 5.74) is -0.394. The molecule has 0 bridgehead atoms. The van der Waals surface area contributed by atoms with E-state index in [4.69, 9.17) is 4.74 Å². The Morgan fingerprint density at radius 3 is 2.70 bits per heavy atom. The number of nitrogens with zero attached hydrogens (tertiary/aromatic N) is 3. The number of rotatable bonds is 4. The van der Waals surface area contributed by atoms with Crippen LogP contribution < -0.4 is 0 Å². The van der Waals surface area contributed by atoms with Gasteiger partial charge in [0.2, 0.25) is 11.8 Å². The van der Waals surface area contributed by atoms with Gasteiger partial charge in [0.1, 0.15) is 13.2 Å². The van der Waals surface area contributed by atoms with E-state index >= 15 is 0 Å². The fraction of sp³-hybridized carbons (Fsp3) is 0.812. The number of cyclic esters (lactones) is 1. The third-order valence-corrected chi connectivity index (χ3v) is 5.20. The second-order valence-electron chi connectivity index (χ2n) is 6.78. The van der Waals surface area contributed by atoms with E-state index in [0.717, 1.165) is 38.8 Å². The van der Waals surface area contributed by atoms with Gasteiger partial charge in [-0.3, -0.25) is 14.5 Å². The number of ether oxygens (including phenoxy) is 1. The Kier molecular flexibility index (Phi) is 4.46. The van der Waals surface area contributed by atoms with Crippen LogP contribution in [-0.2, 0) is 14.3 Å². The Labute approximate surface area is 136 Å². The molecule has 3 amide bonds. The summed E-state index contributed by atoms with van der Waals surface area (Å²) in [6.07, 6.45) is 3.15. The van der Waals surface area contributed by atoms with Gasteiger partial charge in [0.05, 0.1) is 12.0 Å². The van der Waals surface area contributed by atoms with Gasteiger partial charge in [-0.25, -0.2) is 4.79 Å². The van der Waals surface area contributed by atoms with Gasteiger partial charge in [-0.1, -0.05) is 6.92 Å². The number of hydrogen-bond donors (Lipinski definition) is 0. The SMILES string of the molecule is CCCN1CCC[C@]2(CCN(C(=O)CN3CCOC3=O)C2)C1=O. The minimum Gasteiger partial charge on any atom is -0.448 e. The maximum Gasteiger partial charge on any atom is 0.410 e. The molecule has 3 fully saturated rings. The lowest BCUT2D eigenvalue weighted by atomic mass is 9.78. The van der Waals surface area contributed by atoms with Crippen LogP contribution in [0.2, 0.25) is 0 Å². The van der Waals surface area contributed by atoms with Crippen molar-refractivity contribution in [1.29, 1.82) is 0 Å². The summed E-state index contributed by atoms with van der Waals surface area (Å²) in [6.45, 7) is 5.68. The fourth-order valence-corrected chi connectivity index (χ4v) is 3.93. The average Bonchev–Trinajstić information content (AvgIpc) is 3.13. The van der Waals surface area contributed by atoms with Gasteiger partial charge in [-0.05, 0) is 25.7 Å². The number of carbonyl (C=O) groups excluding carboxylic acids is 3. The van der Waals surface area contributed by atoms with Gasteiger partial charge in [-0.2, -0.15) is 0 Å². The highest BCUT2D eigenvalue weighted by Crippen LogP contribution is 2.40. The molecule has 3 saturated heterocycles. The third kappa shape index (κ3) is 3.01. The summed E-state index contributed by atoms with van der Waals surface area (Å²) in [5.74, 6) is 0.127. The van der Waals surface area contributed by atoms with Crippen molar-refractivity contribution in [3.05, 3.63) is 0 Å². The summed E-state index contributed by atoms with van der Waals surface area (Å²) in [6, 6.07) is 0. The molecule has 23 heavy (non-hydrogen) atoms. The zero-order chi connectivity index (χ0) is 16.4. The van der Waals surface area contributed by atoms with Crippen LogP contribution in [0.5, 0.6) is 0 Å². The molecule has 3 aliphatic rings. The standard InChI is InChI=1S/C16H25N3O4/c1-2-6-17-7-3-4-16(14(17)21)5-8-19(12-16)13(20)11-18-9-10-23-15(18)22/h2-12H2,1H3/t16-/m1/s1. The van der Waals surface area contributed by atoms with E-state index in [1.54, 1.807) is 4.90 Å². The van der Waals surface area contributed by atoms with Gasteiger partial charge >= 0.3 is 6.09 Å². The fourth-order valence-electron chi connectivity index (χ4n) is 3.93. The van der Waals surface area contributed by atoms with E-state index in [1.165, 1.54) is 4.90 Å². The summed E-state index contributed by atoms with van der Waals surface area (Å²) in [7, 11) is 0. The van der Waals surface area contributed by atoms with E-state index in [-0.39, 0.29) is 18.4 Å². The zero-order valence-corrected chi connectivity index (χ0v) is 13.8. The van der Waals surface area contributed by atoms with Crippen molar-refractivity contribution < 1.29 is 19.1 Å². The first kappa shape index (κ1) is 16.1. The molecular formula is C16H25N3O4. The first-order valence-corrected chi connectivity index (χ1v) is 8.54. The lowest BCUT2D eigenvalue weighted by Gasteiger charge is -2.39. The molecule has 3 heterocycles. The van der Waals surface area contributed by atoms with Crippen LogP contribution in [0.3, 0.4) is 0 Å². The van der Waals surface area contributed by atoms with Gasteiger partial charge in [-0.15, -0.1) is 0 Å². The lowest BCUT2D eigenvalue weighted by molar-refractivity contribution is -0.146. The average molecular weight is 323 g/mol. The predicted molar refractivity (Wildman–Crippen MR) is 82.7 cm³/mol. The molecule has 0 radical (unpaired) electrons. The monoisotopic (exact) mass is 323 g/mol. The largest absolute Gasteiger partial charge is 0.448 e. The molecule has 0 aromatic carbocycles. The van der Waals surface area contributed by atoms with Crippen LogP contribution in [0.4, 0.5) is 4.79 Å². The molecule has 0 aromatic heterocycles. The lowest BCUT2D eigenvalue weighted by Crippen LogP contribution is -2.51. The number of likely N-dealkylation sites (tertiary alicyclic amines) is 2. The smallest absolute Gasteiger partial charge is 0.410 e. The number of amides is 3. The van der Waals surface area contributed by atoms with Crippen LogP contribution in [0, 0.1) is 5.41 Å². The van der Waals surface area contributed by atoms with Crippen molar-refractivity contribution in [1.82, 2.24) is 14.7 Å². The topological polar surface area (TPSA) is 70.2 Å². The molecule has 0 aromatic rings. The number of hydrogen-bond acceptors (Lipinski definition) is 4. The first-order valence-electron chi connectivity index (χ1n) is 8.54. The normalized spacial score (nSPS) is 28.0. The van der Waals surface area contributed by atoms with Crippen LogP contribution >= 0.6 is 0 Å². The van der Waals surface area contributed by atoms with E-state index in [1.807, 2.05) is 4.90 Å². The zero-order valence-electron chi connectivity index (χ0n) is 13.8. The highest BCUT2D eigenvalue weighted by atomic mass is 16.6. The minimum atomic E-state index is -0.421. The Morgan fingerprint density at radius 2 is 2.00 bits per heavy atom. The van der Waals surface area contributed by atoms with Crippen LogP contribution in [0.1, 0.15) is 32.6 Å². The molecule has 0 saturated carbocycles. The summed E-state index contributed by atoms with van der Waals surface area (Å²) in [4.78, 5) is 41.8. The van der Waals surface area contributed by atoms with E-state index in [2.05, 4.69) is 6.92 Å². The third-order valence-electron chi connectivity index (χ3n) is 5.20. The molecule has 1 spiro atoms. The Morgan fingerprint density at radius 1 is 1.17 bits per heavy atom. The van der Waals surface area contributed by atoms with Gasteiger partial charge in [0.15, 0.2) is 0 Å². The Bertz CT molecular complexity index is 508. The molecule has 0 unspecified atom stereocenters. The molecular weight excluding hydrogens is 298 g/mol. The van der Waals surface area contributed by atoms with Gasteiger partial charge in [0, 0.05) is 26.2 Å². The predicted octanol–water partition coefficient (Wildman–Crippen LogP) is 0.690. The summed E-state index contributed by atoms with van der Waals surface area (Å²) in [5, 5.41) is 0. The molecule has 7 nitrogen and oxygen atoms in total. The van der Waals surface area contributed by atoms with Crippen molar-refractivity contribution in [3.8, 4) is 0 Å². The van der Waals surface area contributed by atoms with Crippen molar-refractivity contribution >= 4 is 17.9 Å². The van der Waals surface area contributed by atoms with Crippen molar-refractivity contribution in [2.45, 2.75) is 32.6 Å². The van der Waals surface area contributed by atoms with E-state index in [0.29, 0.717) is 26.2 Å². The van der Waals surface area contributed by atoms with Gasteiger partial charge < -0.3 is 14.5 Å². The quantitative estimate of drug-likeness (QED) is 0.763. The molecule has 1 atom stereocenters. The molecule has 0 N–H and O–H groups in total. The maximum atomic E-state index is 12.8. The van der Waals surface area contributed by atoms with Crippen molar-refractivity contribution in [2.24, 2.45) is 5.41 Å². The van der Waals surface area contributed by atoms with Crippen molar-refractivity contribution in [3.63, 3.8) is 0 Å². The second-order valence-corrected chi connectivity index (χ2v) is 6.78. The van der Waals surface area contributed by atoms with Crippen LogP contribution in [-0.4, -0.2) is 78.5 Å². The number of piperidine rings is 1. The highest BCUT2D eigenvalue weighted by Gasteiger charge is 2.49. The summed E-state index contributed by atoms with van der Waals surface area (Å²) >= 11 is 0. The maximum absolute atomic E-state index is 12.8. The summed E-state index contributed by atoms with van der Waals surface area (Å²) < 4.78 is 4.85. The van der Waals surface area contributed by atoms with Crippen LogP contribution in [0.25, 0.3) is 0 Å². The Balaban J connectivity index is 1.61. The molecule has 3 rings (SSSR count). The number of carbonyl (C=O) groups is 3. The van der Waals surface area contributed by atoms with E-state index < -0.39 is 11.5 Å². The first-order chi connectivity index (χ1) is 11.1.